The Kier molecular flexibility index (Phi) is 5.57. The molecule has 0 bridgehead atoms. The molecule has 2 heterocycles. The highest BCUT2D eigenvalue weighted by atomic mass is 16.5. The minimum atomic E-state index is -1.13. The molecular formula is C15H23N4O4+. The lowest BCUT2D eigenvalue weighted by atomic mass is 9.89. The van der Waals surface area contributed by atoms with Gasteiger partial charge in [-0.1, -0.05) is 13.8 Å². The Morgan fingerprint density at radius 3 is 2.61 bits per heavy atom. The van der Waals surface area contributed by atoms with Crippen LogP contribution in [0.2, 0.25) is 0 Å². The zero-order valence-electron chi connectivity index (χ0n) is 14.0. The molecular weight excluding hydrogens is 300 g/mol. The summed E-state index contributed by atoms with van der Waals surface area (Å²) < 4.78 is 4.98. The van der Waals surface area contributed by atoms with Gasteiger partial charge in [-0.05, 0) is 24.5 Å². The van der Waals surface area contributed by atoms with Crippen LogP contribution < -0.4 is 11.5 Å². The Bertz CT molecular complexity index is 657. The van der Waals surface area contributed by atoms with Crippen LogP contribution in [0.25, 0.3) is 0 Å². The highest BCUT2D eigenvalue weighted by Gasteiger charge is 2.43. The fourth-order valence-electron chi connectivity index (χ4n) is 2.15. The van der Waals surface area contributed by atoms with Crippen molar-refractivity contribution in [2.24, 2.45) is 10.9 Å². The van der Waals surface area contributed by atoms with E-state index in [2.05, 4.69) is 15.3 Å². The van der Waals surface area contributed by atoms with Crippen molar-refractivity contribution in [3.8, 4) is 0 Å². The molecule has 1 aromatic heterocycles. The lowest BCUT2D eigenvalue weighted by Crippen LogP contribution is -2.41. The van der Waals surface area contributed by atoms with Crippen LogP contribution in [0.3, 0.4) is 0 Å². The van der Waals surface area contributed by atoms with Gasteiger partial charge < -0.3 is 21.3 Å². The van der Waals surface area contributed by atoms with Crippen LogP contribution in [0.4, 0.5) is 0 Å². The number of carbonyl (C=O) groups excluding carboxylic acids is 1. The van der Waals surface area contributed by atoms with Crippen LogP contribution in [-0.4, -0.2) is 40.5 Å². The number of pyridine rings is 1. The number of carboxylic acids is 1. The number of quaternary nitrogens is 1. The summed E-state index contributed by atoms with van der Waals surface area (Å²) in [5.41, 5.74) is -0.135. The van der Waals surface area contributed by atoms with E-state index in [-0.39, 0.29) is 41.7 Å². The quantitative estimate of drug-likeness (QED) is 0.755. The van der Waals surface area contributed by atoms with Crippen molar-refractivity contribution >= 4 is 17.7 Å². The van der Waals surface area contributed by atoms with Crippen LogP contribution in [0.5, 0.6) is 0 Å². The summed E-state index contributed by atoms with van der Waals surface area (Å²) in [4.78, 5) is 32.2. The highest BCUT2D eigenvalue weighted by molar-refractivity contribution is 6.17. The van der Waals surface area contributed by atoms with Crippen LogP contribution in [-0.2, 0) is 16.1 Å². The molecule has 0 radical (unpaired) electrons. The summed E-state index contributed by atoms with van der Waals surface area (Å²) in [6.07, 6.45) is 1.52. The number of amidine groups is 1. The fourth-order valence-corrected chi connectivity index (χ4v) is 2.15. The number of carboxylic acid groups (broad SMARTS) is 1. The van der Waals surface area contributed by atoms with Crippen LogP contribution >= 0.6 is 0 Å². The Balaban J connectivity index is 0.00000264. The van der Waals surface area contributed by atoms with E-state index in [4.69, 9.17) is 4.74 Å². The number of aromatic carboxylic acids is 1. The summed E-state index contributed by atoms with van der Waals surface area (Å²) in [6.45, 7) is 5.76. The fraction of sp³-hybridized carbons (Fsp3) is 0.467. The second-order valence-corrected chi connectivity index (χ2v) is 5.69. The zero-order valence-corrected chi connectivity index (χ0v) is 14.0. The maximum atomic E-state index is 12.2. The Labute approximate surface area is 134 Å². The number of methoxy groups -OCH3 is 1. The largest absolute Gasteiger partial charge is 0.478 e. The lowest BCUT2D eigenvalue weighted by molar-refractivity contribution is -0.124. The first-order chi connectivity index (χ1) is 10.3. The predicted octanol–water partition coefficient (Wildman–Crippen LogP) is 1.59. The van der Waals surface area contributed by atoms with E-state index in [0.717, 1.165) is 0 Å². The van der Waals surface area contributed by atoms with Gasteiger partial charge in [0, 0.05) is 13.3 Å². The SMILES string of the molecule is COCc1cnc(C2=NC(C)(C(C)C)C(=O)N2)c(C(=O)O)c1.[NH4+]. The molecule has 1 aliphatic rings. The second kappa shape index (κ2) is 6.84. The molecule has 1 amide bonds. The number of ether oxygens (including phenoxy) is 1. The number of amides is 1. The molecule has 1 aliphatic heterocycles. The average Bonchev–Trinajstić information content (AvgIpc) is 2.76. The average molecular weight is 323 g/mol. The van der Waals surface area contributed by atoms with Gasteiger partial charge in [0.2, 0.25) is 0 Å². The standard InChI is InChI=1S/C15H19N3O4.H3N/c1-8(2)15(3)14(21)17-12(18-15)11-10(13(19)20)5-9(6-16-11)7-22-4;/h5-6,8H,7H2,1-4H3,(H,19,20)(H,17,18,21);1H3/p+1. The highest BCUT2D eigenvalue weighted by Crippen LogP contribution is 2.27. The molecule has 6 N–H and O–H groups in total. The van der Waals surface area contributed by atoms with Crippen LogP contribution in [0, 0.1) is 5.92 Å². The maximum Gasteiger partial charge on any atom is 0.338 e. The van der Waals surface area contributed by atoms with E-state index in [1.54, 1.807) is 6.92 Å². The van der Waals surface area contributed by atoms with E-state index in [9.17, 15) is 14.7 Å². The minimum Gasteiger partial charge on any atom is -0.478 e. The predicted molar refractivity (Wildman–Crippen MR) is 85.8 cm³/mol. The Morgan fingerprint density at radius 2 is 2.13 bits per heavy atom. The number of aromatic nitrogens is 1. The summed E-state index contributed by atoms with van der Waals surface area (Å²) >= 11 is 0. The number of hydrogen-bond donors (Lipinski definition) is 3. The van der Waals surface area contributed by atoms with E-state index in [0.29, 0.717) is 5.56 Å². The Hall–Kier alpha value is -2.32. The van der Waals surface area contributed by atoms with Gasteiger partial charge >= 0.3 is 5.97 Å². The van der Waals surface area contributed by atoms with Crippen LogP contribution in [0.1, 0.15) is 42.4 Å². The van der Waals surface area contributed by atoms with Crippen molar-refractivity contribution in [1.29, 1.82) is 0 Å². The van der Waals surface area contributed by atoms with Gasteiger partial charge in [0.05, 0.1) is 12.2 Å². The molecule has 8 heteroatoms. The molecule has 0 saturated heterocycles. The van der Waals surface area contributed by atoms with Crippen molar-refractivity contribution in [1.82, 2.24) is 16.5 Å². The van der Waals surface area contributed by atoms with Gasteiger partial charge in [-0.3, -0.25) is 9.78 Å². The maximum absolute atomic E-state index is 12.2. The van der Waals surface area contributed by atoms with E-state index >= 15 is 0 Å². The van der Waals surface area contributed by atoms with Gasteiger partial charge in [-0.2, -0.15) is 0 Å². The number of aliphatic imine (C=N–C) groups is 1. The number of hydrogen-bond acceptors (Lipinski definition) is 5. The Morgan fingerprint density at radius 1 is 1.48 bits per heavy atom. The first-order valence-electron chi connectivity index (χ1n) is 6.92. The summed E-state index contributed by atoms with van der Waals surface area (Å²) in [5, 5.41) is 12.0. The van der Waals surface area contributed by atoms with Crippen LogP contribution in [0.15, 0.2) is 17.3 Å². The number of carbonyl (C=O) groups is 2. The molecule has 1 atom stereocenters. The molecule has 1 aromatic rings. The first-order valence-corrected chi connectivity index (χ1v) is 6.92. The molecule has 8 nitrogen and oxygen atoms in total. The van der Waals surface area contributed by atoms with Crippen molar-refractivity contribution in [3.05, 3.63) is 29.1 Å². The van der Waals surface area contributed by atoms with E-state index in [1.165, 1.54) is 19.4 Å². The summed E-state index contributed by atoms with van der Waals surface area (Å²) in [5.74, 6) is -1.21. The molecule has 0 aliphatic carbocycles. The van der Waals surface area contributed by atoms with Crippen molar-refractivity contribution in [2.75, 3.05) is 7.11 Å². The van der Waals surface area contributed by atoms with Gasteiger partial charge in [0.25, 0.3) is 5.91 Å². The molecule has 0 saturated carbocycles. The first kappa shape index (κ1) is 18.7. The third-order valence-corrected chi connectivity index (χ3v) is 3.87. The van der Waals surface area contributed by atoms with Gasteiger partial charge in [0.1, 0.15) is 11.2 Å². The molecule has 23 heavy (non-hydrogen) atoms. The number of rotatable bonds is 5. The topological polar surface area (TPSA) is 137 Å². The molecule has 0 spiro atoms. The van der Waals surface area contributed by atoms with Crippen molar-refractivity contribution < 1.29 is 19.4 Å². The normalized spacial score (nSPS) is 20.0. The molecule has 1 unspecified atom stereocenters. The minimum absolute atomic E-state index is 0. The third-order valence-electron chi connectivity index (χ3n) is 3.87. The van der Waals surface area contributed by atoms with E-state index < -0.39 is 11.5 Å². The number of nitrogens with one attached hydrogen (secondary N) is 1. The molecule has 0 fully saturated rings. The van der Waals surface area contributed by atoms with Crippen molar-refractivity contribution in [3.63, 3.8) is 0 Å². The number of nitrogens with zero attached hydrogens (tertiary/aromatic N) is 2. The smallest absolute Gasteiger partial charge is 0.338 e. The monoisotopic (exact) mass is 323 g/mol. The molecule has 126 valence electrons. The molecule has 2 rings (SSSR count). The van der Waals surface area contributed by atoms with Crippen molar-refractivity contribution in [2.45, 2.75) is 32.9 Å². The second-order valence-electron chi connectivity index (χ2n) is 5.69. The third kappa shape index (κ3) is 3.38. The lowest BCUT2D eigenvalue weighted by Gasteiger charge is -2.21. The van der Waals surface area contributed by atoms with Gasteiger partial charge in [-0.15, -0.1) is 0 Å². The van der Waals surface area contributed by atoms with E-state index in [1.807, 2.05) is 13.8 Å². The molecule has 0 aromatic carbocycles. The van der Waals surface area contributed by atoms with Gasteiger partial charge in [0.15, 0.2) is 5.84 Å². The zero-order chi connectivity index (χ0) is 16.5. The summed E-state index contributed by atoms with van der Waals surface area (Å²) in [6, 6.07) is 1.48. The summed E-state index contributed by atoms with van der Waals surface area (Å²) in [7, 11) is 1.52. The van der Waals surface area contributed by atoms with Gasteiger partial charge in [-0.25, -0.2) is 9.79 Å².